The Kier molecular flexibility index (Phi) is 5.67. The molecule has 1 aromatic carbocycles. The molecule has 0 aliphatic heterocycles. The van der Waals surface area contributed by atoms with E-state index < -0.39 is 0 Å². The van der Waals surface area contributed by atoms with Crippen molar-refractivity contribution in [3.8, 4) is 0 Å². The van der Waals surface area contributed by atoms with Gasteiger partial charge in [0.15, 0.2) is 0 Å². The Hall–Kier alpha value is -0.580. The van der Waals surface area contributed by atoms with Gasteiger partial charge in [-0.3, -0.25) is 0 Å². The van der Waals surface area contributed by atoms with Crippen LogP contribution in [0.15, 0.2) is 22.7 Å². The highest BCUT2D eigenvalue weighted by Crippen LogP contribution is 2.28. The molecular weight excluding hydrogens is 304 g/mol. The first kappa shape index (κ1) is 14.8. The summed E-state index contributed by atoms with van der Waals surface area (Å²) < 4.78 is 6.83. The fourth-order valence-electron chi connectivity index (χ4n) is 2.11. The van der Waals surface area contributed by atoms with Crippen molar-refractivity contribution in [2.24, 2.45) is 5.92 Å². The van der Waals surface area contributed by atoms with Crippen molar-refractivity contribution >= 4 is 21.6 Å². The molecule has 19 heavy (non-hydrogen) atoms. The van der Waals surface area contributed by atoms with Gasteiger partial charge in [-0.15, -0.1) is 0 Å². The number of likely N-dealkylation sites (N-methyl/N-ethyl adjacent to an activating group) is 1. The Morgan fingerprint density at radius 2 is 2.21 bits per heavy atom. The number of hydrogen-bond donors (Lipinski definition) is 1. The van der Waals surface area contributed by atoms with E-state index >= 15 is 0 Å². The zero-order valence-electron chi connectivity index (χ0n) is 11.8. The van der Waals surface area contributed by atoms with Crippen molar-refractivity contribution in [2.45, 2.75) is 19.4 Å². The summed E-state index contributed by atoms with van der Waals surface area (Å²) in [5, 5.41) is 3.22. The Bertz CT molecular complexity index is 407. The van der Waals surface area contributed by atoms with E-state index in [0.29, 0.717) is 0 Å². The Balaban J connectivity index is 1.86. The Morgan fingerprint density at radius 3 is 2.89 bits per heavy atom. The highest BCUT2D eigenvalue weighted by Gasteiger charge is 2.21. The van der Waals surface area contributed by atoms with Crippen LogP contribution in [0.25, 0.3) is 0 Å². The molecule has 1 aromatic rings. The molecule has 1 saturated carbocycles. The van der Waals surface area contributed by atoms with E-state index in [9.17, 15) is 0 Å². The van der Waals surface area contributed by atoms with E-state index in [1.165, 1.54) is 24.1 Å². The molecular formula is C15H23BrN2O. The van der Waals surface area contributed by atoms with Crippen LogP contribution in [0.5, 0.6) is 0 Å². The lowest BCUT2D eigenvalue weighted by molar-refractivity contribution is 0.131. The van der Waals surface area contributed by atoms with E-state index in [4.69, 9.17) is 4.74 Å². The molecule has 1 N–H and O–H groups in total. The molecule has 0 unspecified atom stereocenters. The van der Waals surface area contributed by atoms with Gasteiger partial charge < -0.3 is 15.0 Å². The van der Waals surface area contributed by atoms with Gasteiger partial charge in [0.1, 0.15) is 0 Å². The van der Waals surface area contributed by atoms with Gasteiger partial charge in [0.05, 0.1) is 6.61 Å². The minimum absolute atomic E-state index is 0.808. The standard InChI is InChI=1S/C15H23BrN2O/c1-17-10-13-9-14(16)5-6-15(13)18(2)7-8-19-11-12-3-4-12/h5-6,9,12,17H,3-4,7-8,10-11H2,1-2H3. The Morgan fingerprint density at radius 1 is 1.42 bits per heavy atom. The second kappa shape index (κ2) is 7.27. The topological polar surface area (TPSA) is 24.5 Å². The number of rotatable bonds is 8. The molecule has 1 fully saturated rings. The summed E-state index contributed by atoms with van der Waals surface area (Å²) in [7, 11) is 4.10. The van der Waals surface area contributed by atoms with Crippen LogP contribution in [0.4, 0.5) is 5.69 Å². The molecule has 0 spiro atoms. The Labute approximate surface area is 124 Å². The average molecular weight is 327 g/mol. The van der Waals surface area contributed by atoms with Crippen molar-refractivity contribution in [1.82, 2.24) is 5.32 Å². The maximum absolute atomic E-state index is 5.71. The van der Waals surface area contributed by atoms with Gasteiger partial charge >= 0.3 is 0 Å². The van der Waals surface area contributed by atoms with Crippen molar-refractivity contribution < 1.29 is 4.74 Å². The van der Waals surface area contributed by atoms with Crippen LogP contribution < -0.4 is 10.2 Å². The van der Waals surface area contributed by atoms with Crippen molar-refractivity contribution in [1.29, 1.82) is 0 Å². The zero-order valence-corrected chi connectivity index (χ0v) is 13.4. The van der Waals surface area contributed by atoms with Gasteiger partial charge in [-0.2, -0.15) is 0 Å². The molecule has 0 saturated heterocycles. The summed E-state index contributed by atoms with van der Waals surface area (Å²) in [4.78, 5) is 2.27. The summed E-state index contributed by atoms with van der Waals surface area (Å²) >= 11 is 3.53. The fourth-order valence-corrected chi connectivity index (χ4v) is 2.52. The lowest BCUT2D eigenvalue weighted by atomic mass is 10.1. The van der Waals surface area contributed by atoms with E-state index in [1.54, 1.807) is 0 Å². The normalized spacial score (nSPS) is 14.7. The van der Waals surface area contributed by atoms with Crippen LogP contribution in [-0.4, -0.2) is 33.9 Å². The minimum Gasteiger partial charge on any atom is -0.379 e. The number of ether oxygens (including phenoxy) is 1. The zero-order chi connectivity index (χ0) is 13.7. The summed E-state index contributed by atoms with van der Waals surface area (Å²) in [5.41, 5.74) is 2.58. The van der Waals surface area contributed by atoms with E-state index in [1.807, 2.05) is 7.05 Å². The van der Waals surface area contributed by atoms with Gasteiger partial charge in [-0.1, -0.05) is 15.9 Å². The highest BCUT2D eigenvalue weighted by atomic mass is 79.9. The van der Waals surface area contributed by atoms with E-state index in [0.717, 1.165) is 36.7 Å². The molecule has 4 heteroatoms. The molecule has 0 radical (unpaired) electrons. The molecule has 0 atom stereocenters. The second-order valence-corrected chi connectivity index (χ2v) is 6.16. The summed E-state index contributed by atoms with van der Waals surface area (Å²) in [6.07, 6.45) is 2.71. The fraction of sp³-hybridized carbons (Fsp3) is 0.600. The predicted molar refractivity (Wildman–Crippen MR) is 83.7 cm³/mol. The largest absolute Gasteiger partial charge is 0.379 e. The maximum Gasteiger partial charge on any atom is 0.0641 e. The van der Waals surface area contributed by atoms with Gasteiger partial charge in [-0.05, 0) is 49.6 Å². The molecule has 0 heterocycles. The number of benzene rings is 1. The van der Waals surface area contributed by atoms with Gasteiger partial charge in [0.2, 0.25) is 0 Å². The molecule has 1 aliphatic rings. The lowest BCUT2D eigenvalue weighted by Gasteiger charge is -2.22. The van der Waals surface area contributed by atoms with Gasteiger partial charge in [0, 0.05) is 36.9 Å². The summed E-state index contributed by atoms with van der Waals surface area (Å²) in [5.74, 6) is 0.845. The smallest absolute Gasteiger partial charge is 0.0641 e. The number of halogens is 1. The highest BCUT2D eigenvalue weighted by molar-refractivity contribution is 9.10. The van der Waals surface area contributed by atoms with Crippen molar-refractivity contribution in [3.63, 3.8) is 0 Å². The minimum atomic E-state index is 0.808. The van der Waals surface area contributed by atoms with Gasteiger partial charge in [-0.25, -0.2) is 0 Å². The molecule has 0 bridgehead atoms. The summed E-state index contributed by atoms with van der Waals surface area (Å²) in [6, 6.07) is 6.43. The van der Waals surface area contributed by atoms with Crippen LogP contribution in [0, 0.1) is 5.92 Å². The number of anilines is 1. The predicted octanol–water partition coefficient (Wildman–Crippen LogP) is 3.03. The van der Waals surface area contributed by atoms with E-state index in [-0.39, 0.29) is 0 Å². The summed E-state index contributed by atoms with van der Waals surface area (Å²) in [6.45, 7) is 3.56. The lowest BCUT2D eigenvalue weighted by Crippen LogP contribution is -2.24. The quantitative estimate of drug-likeness (QED) is 0.743. The van der Waals surface area contributed by atoms with Crippen LogP contribution >= 0.6 is 15.9 Å². The first-order chi connectivity index (χ1) is 9.20. The third kappa shape index (κ3) is 4.79. The first-order valence-corrected chi connectivity index (χ1v) is 7.72. The van der Waals surface area contributed by atoms with Crippen molar-refractivity contribution in [2.75, 3.05) is 38.8 Å². The average Bonchev–Trinajstić information content (AvgIpc) is 3.19. The maximum atomic E-state index is 5.71. The van der Waals surface area contributed by atoms with Crippen LogP contribution in [0.3, 0.4) is 0 Å². The molecule has 2 rings (SSSR count). The SMILES string of the molecule is CNCc1cc(Br)ccc1N(C)CCOCC1CC1. The number of hydrogen-bond acceptors (Lipinski definition) is 3. The molecule has 3 nitrogen and oxygen atoms in total. The number of nitrogens with one attached hydrogen (secondary N) is 1. The first-order valence-electron chi connectivity index (χ1n) is 6.92. The van der Waals surface area contributed by atoms with Gasteiger partial charge in [0.25, 0.3) is 0 Å². The third-order valence-electron chi connectivity index (χ3n) is 3.44. The molecule has 106 valence electrons. The molecule has 0 amide bonds. The van der Waals surface area contributed by atoms with E-state index in [2.05, 4.69) is 51.4 Å². The van der Waals surface area contributed by atoms with Crippen LogP contribution in [0.2, 0.25) is 0 Å². The van der Waals surface area contributed by atoms with Crippen molar-refractivity contribution in [3.05, 3.63) is 28.2 Å². The van der Waals surface area contributed by atoms with Crippen LogP contribution in [-0.2, 0) is 11.3 Å². The molecule has 1 aliphatic carbocycles. The second-order valence-electron chi connectivity index (χ2n) is 5.24. The number of nitrogens with zero attached hydrogens (tertiary/aromatic N) is 1. The monoisotopic (exact) mass is 326 g/mol. The van der Waals surface area contributed by atoms with Crippen LogP contribution in [0.1, 0.15) is 18.4 Å². The molecule has 0 aromatic heterocycles. The third-order valence-corrected chi connectivity index (χ3v) is 3.93.